The number of nitrogens with zero attached hydrogens (tertiary/aromatic N) is 5. The highest BCUT2D eigenvalue weighted by molar-refractivity contribution is 7.89. The third kappa shape index (κ3) is 4.44. The van der Waals surface area contributed by atoms with Crippen LogP contribution >= 0.6 is 23.2 Å². The summed E-state index contributed by atoms with van der Waals surface area (Å²) in [6.45, 7) is 4.70. The molecular weight excluding hydrogens is 437 g/mol. The predicted octanol–water partition coefficient (Wildman–Crippen LogP) is 2.13. The zero-order valence-corrected chi connectivity index (χ0v) is 18.0. The average molecular weight is 458 g/mol. The van der Waals surface area contributed by atoms with Gasteiger partial charge in [-0.25, -0.2) is 8.42 Å². The first-order chi connectivity index (χ1) is 13.9. The van der Waals surface area contributed by atoms with Crippen LogP contribution in [0.1, 0.15) is 0 Å². The summed E-state index contributed by atoms with van der Waals surface area (Å²) >= 11 is 12.1. The van der Waals surface area contributed by atoms with Gasteiger partial charge in [0.2, 0.25) is 10.0 Å². The highest BCUT2D eigenvalue weighted by Gasteiger charge is 2.31. The molecule has 1 aromatic carbocycles. The van der Waals surface area contributed by atoms with Gasteiger partial charge in [-0.2, -0.15) is 9.40 Å². The quantitative estimate of drug-likeness (QED) is 0.695. The molecule has 8 nitrogen and oxygen atoms in total. The maximum Gasteiger partial charge on any atom is 0.244 e. The molecule has 29 heavy (non-hydrogen) atoms. The van der Waals surface area contributed by atoms with Crippen LogP contribution in [-0.4, -0.2) is 75.4 Å². The number of hydrogen-bond acceptors (Lipinski definition) is 7. The second-order valence-electron chi connectivity index (χ2n) is 6.84. The predicted molar refractivity (Wildman–Crippen MR) is 112 cm³/mol. The number of ether oxygens (including phenoxy) is 1. The first-order valence-corrected chi connectivity index (χ1v) is 11.5. The molecule has 156 valence electrons. The van der Waals surface area contributed by atoms with E-state index in [1.807, 2.05) is 11.0 Å². The average Bonchev–Trinajstić information content (AvgIpc) is 2.76. The van der Waals surface area contributed by atoms with Crippen LogP contribution < -0.4 is 9.80 Å². The van der Waals surface area contributed by atoms with E-state index in [4.69, 9.17) is 27.9 Å². The lowest BCUT2D eigenvalue weighted by molar-refractivity contribution is 0.122. The van der Waals surface area contributed by atoms with Crippen LogP contribution in [0.3, 0.4) is 0 Å². The Labute approximate surface area is 180 Å². The van der Waals surface area contributed by atoms with E-state index in [2.05, 4.69) is 15.1 Å². The number of sulfonamides is 1. The molecule has 0 atom stereocenters. The normalized spacial score (nSPS) is 18.8. The smallest absolute Gasteiger partial charge is 0.244 e. The van der Waals surface area contributed by atoms with E-state index in [0.717, 1.165) is 24.6 Å². The minimum atomic E-state index is -3.71. The van der Waals surface area contributed by atoms with E-state index < -0.39 is 10.0 Å². The van der Waals surface area contributed by atoms with Crippen molar-refractivity contribution in [2.45, 2.75) is 4.90 Å². The first-order valence-electron chi connectivity index (χ1n) is 9.31. The van der Waals surface area contributed by atoms with Crippen molar-refractivity contribution in [3.8, 4) is 0 Å². The van der Waals surface area contributed by atoms with Gasteiger partial charge in [0.1, 0.15) is 4.90 Å². The third-order valence-electron chi connectivity index (χ3n) is 5.08. The summed E-state index contributed by atoms with van der Waals surface area (Å²) in [5, 5.41) is 8.88. The fourth-order valence-corrected chi connectivity index (χ4v) is 5.63. The van der Waals surface area contributed by atoms with Gasteiger partial charge in [0.15, 0.2) is 5.82 Å². The topological polar surface area (TPSA) is 78.9 Å². The zero-order valence-electron chi connectivity index (χ0n) is 15.7. The van der Waals surface area contributed by atoms with Crippen LogP contribution in [-0.2, 0) is 14.8 Å². The summed E-state index contributed by atoms with van der Waals surface area (Å²) in [5.41, 5.74) is 0.999. The number of piperazine rings is 1. The minimum absolute atomic E-state index is 0.0363. The SMILES string of the molecule is O=S(=O)(c1cc(Cl)ccc1Cl)N1CCN(c2cc(N3CCOCC3)cnn2)CC1. The largest absolute Gasteiger partial charge is 0.378 e. The summed E-state index contributed by atoms with van der Waals surface area (Å²) in [6, 6.07) is 6.46. The molecule has 2 aliphatic rings. The van der Waals surface area contributed by atoms with Gasteiger partial charge < -0.3 is 14.5 Å². The molecule has 2 fully saturated rings. The maximum absolute atomic E-state index is 13.0. The number of halogens is 2. The Bertz CT molecular complexity index is 977. The van der Waals surface area contributed by atoms with Gasteiger partial charge in [0.05, 0.1) is 30.1 Å². The van der Waals surface area contributed by atoms with Gasteiger partial charge in [0.25, 0.3) is 0 Å². The number of rotatable bonds is 4. The molecule has 0 spiro atoms. The van der Waals surface area contributed by atoms with Crippen molar-refractivity contribution < 1.29 is 13.2 Å². The molecule has 2 saturated heterocycles. The molecule has 4 rings (SSSR count). The summed E-state index contributed by atoms with van der Waals surface area (Å²) in [6.07, 6.45) is 1.75. The van der Waals surface area contributed by atoms with Gasteiger partial charge in [-0.15, -0.1) is 5.10 Å². The molecule has 11 heteroatoms. The molecule has 0 unspecified atom stereocenters. The van der Waals surface area contributed by atoms with Crippen LogP contribution in [0.15, 0.2) is 35.4 Å². The number of morpholine rings is 1. The molecular formula is C18H21Cl2N5O3S. The van der Waals surface area contributed by atoms with Crippen molar-refractivity contribution in [3.05, 3.63) is 40.5 Å². The van der Waals surface area contributed by atoms with E-state index in [9.17, 15) is 8.42 Å². The first kappa shape index (κ1) is 20.6. The molecule has 0 radical (unpaired) electrons. The minimum Gasteiger partial charge on any atom is -0.378 e. The molecule has 3 heterocycles. The maximum atomic E-state index is 13.0. The highest BCUT2D eigenvalue weighted by Crippen LogP contribution is 2.29. The Hall–Kier alpha value is -1.65. The standard InChI is InChI=1S/C18H21Cl2N5O3S/c19-14-1-2-16(20)17(11-14)29(26,27)25-5-3-24(4-6-25)18-12-15(13-21-22-18)23-7-9-28-10-8-23/h1-2,11-13H,3-10H2. The van der Waals surface area contributed by atoms with E-state index in [1.54, 1.807) is 12.3 Å². The summed E-state index contributed by atoms with van der Waals surface area (Å²) < 4.78 is 32.8. The lowest BCUT2D eigenvalue weighted by Crippen LogP contribution is -2.49. The second kappa shape index (κ2) is 8.61. The number of anilines is 2. The summed E-state index contributed by atoms with van der Waals surface area (Å²) in [4.78, 5) is 4.29. The van der Waals surface area contributed by atoms with Crippen LogP contribution in [0.4, 0.5) is 11.5 Å². The molecule has 0 bridgehead atoms. The Morgan fingerprint density at radius 3 is 2.38 bits per heavy atom. The lowest BCUT2D eigenvalue weighted by Gasteiger charge is -2.35. The fourth-order valence-electron chi connectivity index (χ4n) is 3.47. The molecule has 2 aromatic rings. The Morgan fingerprint density at radius 1 is 0.931 bits per heavy atom. The van der Waals surface area contributed by atoms with Crippen molar-refractivity contribution in [2.75, 3.05) is 62.3 Å². The van der Waals surface area contributed by atoms with Crippen LogP contribution in [0.25, 0.3) is 0 Å². The molecule has 1 aromatic heterocycles. The molecule has 0 N–H and O–H groups in total. The van der Waals surface area contributed by atoms with Crippen LogP contribution in [0.2, 0.25) is 10.0 Å². The number of hydrogen-bond donors (Lipinski definition) is 0. The van der Waals surface area contributed by atoms with Crippen LogP contribution in [0, 0.1) is 0 Å². The molecule has 2 aliphatic heterocycles. The lowest BCUT2D eigenvalue weighted by atomic mass is 10.3. The van der Waals surface area contributed by atoms with Crippen molar-refractivity contribution >= 4 is 44.7 Å². The van der Waals surface area contributed by atoms with Crippen molar-refractivity contribution in [2.24, 2.45) is 0 Å². The Balaban J connectivity index is 1.46. The van der Waals surface area contributed by atoms with Crippen LogP contribution in [0.5, 0.6) is 0 Å². The monoisotopic (exact) mass is 457 g/mol. The van der Waals surface area contributed by atoms with E-state index in [-0.39, 0.29) is 9.92 Å². The van der Waals surface area contributed by atoms with E-state index in [0.29, 0.717) is 44.4 Å². The number of benzene rings is 1. The van der Waals surface area contributed by atoms with Crippen molar-refractivity contribution in [1.82, 2.24) is 14.5 Å². The van der Waals surface area contributed by atoms with Crippen molar-refractivity contribution in [1.29, 1.82) is 0 Å². The van der Waals surface area contributed by atoms with E-state index >= 15 is 0 Å². The molecule has 0 amide bonds. The highest BCUT2D eigenvalue weighted by atomic mass is 35.5. The van der Waals surface area contributed by atoms with Gasteiger partial charge >= 0.3 is 0 Å². The Morgan fingerprint density at radius 2 is 1.66 bits per heavy atom. The van der Waals surface area contributed by atoms with Gasteiger partial charge in [0, 0.05) is 50.4 Å². The molecule has 0 aliphatic carbocycles. The summed E-state index contributed by atoms with van der Waals surface area (Å²) in [7, 11) is -3.71. The second-order valence-corrected chi connectivity index (χ2v) is 9.59. The zero-order chi connectivity index (χ0) is 20.4. The number of aromatic nitrogens is 2. The van der Waals surface area contributed by atoms with Gasteiger partial charge in [-0.1, -0.05) is 23.2 Å². The molecule has 0 saturated carbocycles. The van der Waals surface area contributed by atoms with Crippen molar-refractivity contribution in [3.63, 3.8) is 0 Å². The van der Waals surface area contributed by atoms with Gasteiger partial charge in [-0.3, -0.25) is 0 Å². The Kier molecular flexibility index (Phi) is 6.12. The summed E-state index contributed by atoms with van der Waals surface area (Å²) in [5.74, 6) is 0.742. The van der Waals surface area contributed by atoms with E-state index in [1.165, 1.54) is 16.4 Å². The fraction of sp³-hybridized carbons (Fsp3) is 0.444. The third-order valence-corrected chi connectivity index (χ3v) is 7.69. The van der Waals surface area contributed by atoms with Gasteiger partial charge in [-0.05, 0) is 18.2 Å².